The van der Waals surface area contributed by atoms with E-state index in [0.29, 0.717) is 6.04 Å². The fourth-order valence-electron chi connectivity index (χ4n) is 2.34. The van der Waals surface area contributed by atoms with Gasteiger partial charge in [0.15, 0.2) is 0 Å². The summed E-state index contributed by atoms with van der Waals surface area (Å²) in [5.41, 5.74) is -0.0574. The van der Waals surface area contributed by atoms with E-state index >= 15 is 0 Å². The van der Waals surface area contributed by atoms with Gasteiger partial charge in [0.2, 0.25) is 0 Å². The van der Waals surface area contributed by atoms with Crippen molar-refractivity contribution in [2.45, 2.75) is 45.1 Å². The Labute approximate surface area is 121 Å². The second-order valence-electron chi connectivity index (χ2n) is 6.39. The third-order valence-electron chi connectivity index (χ3n) is 3.74. The molecular weight excluding hydrogens is 252 g/mol. The zero-order valence-corrected chi connectivity index (χ0v) is 13.2. The lowest BCUT2D eigenvalue weighted by Crippen LogP contribution is -2.37. The second kappa shape index (κ2) is 5.95. The molecule has 5 heteroatoms. The average Bonchev–Trinajstić information content (AvgIpc) is 2.46. The van der Waals surface area contributed by atoms with E-state index in [-0.39, 0.29) is 5.41 Å². The maximum absolute atomic E-state index is 5.44. The van der Waals surface area contributed by atoms with Crippen LogP contribution in [0.15, 0.2) is 6.07 Å². The largest absolute Gasteiger partial charge is 0.381 e. The smallest absolute Gasteiger partial charge is 0.138 e. The number of anilines is 2. The summed E-state index contributed by atoms with van der Waals surface area (Å²) >= 11 is 0. The van der Waals surface area contributed by atoms with Gasteiger partial charge in [-0.25, -0.2) is 9.97 Å². The summed E-state index contributed by atoms with van der Waals surface area (Å²) in [5, 5.41) is 3.14. The predicted octanol–water partition coefficient (Wildman–Crippen LogP) is 2.43. The van der Waals surface area contributed by atoms with E-state index in [1.807, 2.05) is 13.1 Å². The maximum atomic E-state index is 5.44. The summed E-state index contributed by atoms with van der Waals surface area (Å²) < 4.78 is 5.44. The molecule has 0 unspecified atom stereocenters. The van der Waals surface area contributed by atoms with Crippen molar-refractivity contribution in [1.82, 2.24) is 9.97 Å². The minimum Gasteiger partial charge on any atom is -0.381 e. The molecule has 1 aromatic rings. The van der Waals surface area contributed by atoms with Crippen molar-refractivity contribution in [3.05, 3.63) is 11.9 Å². The van der Waals surface area contributed by atoms with Crippen LogP contribution in [0.25, 0.3) is 0 Å². The molecule has 0 saturated carbocycles. The highest BCUT2D eigenvalue weighted by Gasteiger charge is 2.23. The van der Waals surface area contributed by atoms with Crippen LogP contribution in [0, 0.1) is 0 Å². The first-order chi connectivity index (χ1) is 9.41. The van der Waals surface area contributed by atoms with Gasteiger partial charge in [0, 0.05) is 44.8 Å². The van der Waals surface area contributed by atoms with Gasteiger partial charge in [-0.2, -0.15) is 0 Å². The van der Waals surface area contributed by atoms with Gasteiger partial charge in [-0.15, -0.1) is 0 Å². The van der Waals surface area contributed by atoms with Crippen LogP contribution in [0.1, 0.15) is 39.4 Å². The van der Waals surface area contributed by atoms with Crippen LogP contribution in [-0.4, -0.2) is 43.3 Å². The molecule has 0 atom stereocenters. The summed E-state index contributed by atoms with van der Waals surface area (Å²) in [4.78, 5) is 11.6. The van der Waals surface area contributed by atoms with Crippen molar-refractivity contribution in [3.8, 4) is 0 Å². The highest BCUT2D eigenvalue weighted by atomic mass is 16.5. The Morgan fingerprint density at radius 1 is 1.25 bits per heavy atom. The number of nitrogens with zero attached hydrogens (tertiary/aromatic N) is 3. The lowest BCUT2D eigenvalue weighted by atomic mass is 9.95. The Morgan fingerprint density at radius 2 is 1.90 bits per heavy atom. The summed E-state index contributed by atoms with van der Waals surface area (Å²) in [6.45, 7) is 8.09. The van der Waals surface area contributed by atoms with E-state index in [4.69, 9.17) is 9.72 Å². The van der Waals surface area contributed by atoms with Crippen LogP contribution in [0.3, 0.4) is 0 Å². The molecule has 0 amide bonds. The maximum Gasteiger partial charge on any atom is 0.138 e. The zero-order valence-electron chi connectivity index (χ0n) is 13.2. The molecule has 0 aromatic carbocycles. The predicted molar refractivity (Wildman–Crippen MR) is 82.5 cm³/mol. The van der Waals surface area contributed by atoms with Crippen LogP contribution >= 0.6 is 0 Å². The Balaban J connectivity index is 2.29. The molecular formula is C15H26N4O. The topological polar surface area (TPSA) is 50.3 Å². The van der Waals surface area contributed by atoms with Crippen LogP contribution in [0.2, 0.25) is 0 Å². The third kappa shape index (κ3) is 3.39. The van der Waals surface area contributed by atoms with Crippen molar-refractivity contribution in [1.29, 1.82) is 0 Å². The van der Waals surface area contributed by atoms with Crippen LogP contribution in [0.4, 0.5) is 11.6 Å². The molecule has 20 heavy (non-hydrogen) atoms. The molecule has 1 fully saturated rings. The quantitative estimate of drug-likeness (QED) is 0.920. The average molecular weight is 278 g/mol. The SMILES string of the molecule is CNc1cc(N(C)C2CCOCC2)nc(C(C)(C)C)n1. The normalized spacial score (nSPS) is 17.1. The Bertz CT molecular complexity index is 450. The molecule has 1 saturated heterocycles. The summed E-state index contributed by atoms with van der Waals surface area (Å²) in [7, 11) is 4.01. The Morgan fingerprint density at radius 3 is 2.45 bits per heavy atom. The molecule has 2 heterocycles. The van der Waals surface area contributed by atoms with Crippen molar-refractivity contribution >= 4 is 11.6 Å². The highest BCUT2D eigenvalue weighted by Crippen LogP contribution is 2.26. The van der Waals surface area contributed by atoms with Crippen molar-refractivity contribution < 1.29 is 4.74 Å². The number of ether oxygens (including phenoxy) is 1. The van der Waals surface area contributed by atoms with Gasteiger partial charge in [-0.3, -0.25) is 0 Å². The number of nitrogens with one attached hydrogen (secondary N) is 1. The van der Waals surface area contributed by atoms with Crippen molar-refractivity contribution in [2.75, 3.05) is 37.5 Å². The van der Waals surface area contributed by atoms with Crippen molar-refractivity contribution in [2.24, 2.45) is 0 Å². The van der Waals surface area contributed by atoms with Crippen LogP contribution < -0.4 is 10.2 Å². The highest BCUT2D eigenvalue weighted by molar-refractivity contribution is 5.50. The molecule has 1 aliphatic rings. The molecule has 5 nitrogen and oxygen atoms in total. The van der Waals surface area contributed by atoms with E-state index in [1.165, 1.54) is 0 Å². The van der Waals surface area contributed by atoms with E-state index < -0.39 is 0 Å². The number of aromatic nitrogens is 2. The van der Waals surface area contributed by atoms with Crippen molar-refractivity contribution in [3.63, 3.8) is 0 Å². The van der Waals surface area contributed by atoms with Gasteiger partial charge in [0.25, 0.3) is 0 Å². The van der Waals surface area contributed by atoms with Gasteiger partial charge >= 0.3 is 0 Å². The zero-order chi connectivity index (χ0) is 14.8. The van der Waals surface area contributed by atoms with E-state index in [0.717, 1.165) is 43.5 Å². The molecule has 0 aliphatic carbocycles. The molecule has 0 spiro atoms. The second-order valence-corrected chi connectivity index (χ2v) is 6.39. The lowest BCUT2D eigenvalue weighted by Gasteiger charge is -2.33. The third-order valence-corrected chi connectivity index (χ3v) is 3.74. The van der Waals surface area contributed by atoms with E-state index in [1.54, 1.807) is 0 Å². The standard InChI is InChI=1S/C15H26N4O/c1-15(2,3)14-17-12(16-4)10-13(18-14)19(5)11-6-8-20-9-7-11/h10-11H,6-9H2,1-5H3,(H,16,17,18). The Hall–Kier alpha value is -1.36. The molecule has 0 radical (unpaired) electrons. The molecule has 1 aromatic heterocycles. The van der Waals surface area contributed by atoms with Crippen LogP contribution in [0.5, 0.6) is 0 Å². The first-order valence-corrected chi connectivity index (χ1v) is 7.29. The van der Waals surface area contributed by atoms with E-state index in [2.05, 4.69) is 43.0 Å². The van der Waals surface area contributed by atoms with Crippen LogP contribution in [-0.2, 0) is 10.2 Å². The Kier molecular flexibility index (Phi) is 4.48. The van der Waals surface area contributed by atoms with E-state index in [9.17, 15) is 0 Å². The van der Waals surface area contributed by atoms with Gasteiger partial charge < -0.3 is 15.0 Å². The minimum atomic E-state index is -0.0574. The fourth-order valence-corrected chi connectivity index (χ4v) is 2.34. The number of hydrogen-bond donors (Lipinski definition) is 1. The minimum absolute atomic E-state index is 0.0574. The number of rotatable bonds is 3. The number of hydrogen-bond acceptors (Lipinski definition) is 5. The summed E-state index contributed by atoms with van der Waals surface area (Å²) in [6, 6.07) is 2.52. The summed E-state index contributed by atoms with van der Waals surface area (Å²) in [5.74, 6) is 2.73. The monoisotopic (exact) mass is 278 g/mol. The molecule has 0 bridgehead atoms. The summed E-state index contributed by atoms with van der Waals surface area (Å²) in [6.07, 6.45) is 2.11. The first-order valence-electron chi connectivity index (χ1n) is 7.29. The molecule has 1 aliphatic heterocycles. The van der Waals surface area contributed by atoms with Gasteiger partial charge in [-0.1, -0.05) is 20.8 Å². The molecule has 112 valence electrons. The first kappa shape index (κ1) is 15.0. The molecule has 1 N–H and O–H groups in total. The van der Waals surface area contributed by atoms with Gasteiger partial charge in [0.1, 0.15) is 17.5 Å². The lowest BCUT2D eigenvalue weighted by molar-refractivity contribution is 0.0853. The fraction of sp³-hybridized carbons (Fsp3) is 0.733. The molecule has 2 rings (SSSR count). The van der Waals surface area contributed by atoms with Gasteiger partial charge in [-0.05, 0) is 12.8 Å². The van der Waals surface area contributed by atoms with Gasteiger partial charge in [0.05, 0.1) is 0 Å².